The van der Waals surface area contributed by atoms with Crippen LogP contribution in [0.5, 0.6) is 5.75 Å². The minimum absolute atomic E-state index is 0.228. The molecule has 3 rings (SSSR count). The highest BCUT2D eigenvalue weighted by molar-refractivity contribution is 6.04. The largest absolute Gasteiger partial charge is 0.496 e. The molecule has 6 heteroatoms. The number of para-hydroxylation sites is 1. The van der Waals surface area contributed by atoms with Crippen LogP contribution in [0, 0.1) is 0 Å². The Morgan fingerprint density at radius 2 is 1.88 bits per heavy atom. The van der Waals surface area contributed by atoms with Crippen molar-refractivity contribution in [3.05, 3.63) is 65.2 Å². The molecule has 0 radical (unpaired) electrons. The Hall–Kier alpha value is -3.02. The van der Waals surface area contributed by atoms with Gasteiger partial charge >= 0.3 is 0 Å². The van der Waals surface area contributed by atoms with Gasteiger partial charge in [-0.25, -0.2) is 5.01 Å². The van der Waals surface area contributed by atoms with Gasteiger partial charge in [-0.05, 0) is 50.1 Å². The maximum atomic E-state index is 12.7. The average molecular weight is 353 g/mol. The fourth-order valence-electron chi connectivity index (χ4n) is 2.74. The fourth-order valence-corrected chi connectivity index (χ4v) is 2.74. The van der Waals surface area contributed by atoms with Gasteiger partial charge in [-0.1, -0.05) is 36.3 Å². The summed E-state index contributed by atoms with van der Waals surface area (Å²) < 4.78 is 5.41. The molecular formula is C20H23N3O3. The Balaban J connectivity index is 1.87. The molecule has 0 bridgehead atoms. The van der Waals surface area contributed by atoms with Crippen molar-refractivity contribution in [2.45, 2.75) is 32.9 Å². The summed E-state index contributed by atoms with van der Waals surface area (Å²) in [6, 6.07) is 15.0. The third-order valence-corrected chi connectivity index (χ3v) is 4.29. The van der Waals surface area contributed by atoms with Crippen molar-refractivity contribution in [2.24, 2.45) is 5.16 Å². The topological polar surface area (TPSA) is 63.2 Å². The zero-order chi connectivity index (χ0) is 18.7. The molecule has 0 spiro atoms. The Morgan fingerprint density at radius 3 is 2.54 bits per heavy atom. The number of hydrogen-bond donors (Lipinski definition) is 1. The second kappa shape index (κ2) is 7.07. The number of hydrazine groups is 1. The van der Waals surface area contributed by atoms with Crippen LogP contribution in [0.4, 0.5) is 0 Å². The molecule has 0 unspecified atom stereocenters. The number of hydrogen-bond acceptors (Lipinski definition) is 5. The Morgan fingerprint density at radius 1 is 1.19 bits per heavy atom. The Bertz CT molecular complexity index is 828. The van der Waals surface area contributed by atoms with Crippen molar-refractivity contribution in [1.29, 1.82) is 0 Å². The molecule has 0 aromatic heterocycles. The number of nitrogens with one attached hydrogen (secondary N) is 1. The van der Waals surface area contributed by atoms with Crippen molar-refractivity contribution in [1.82, 2.24) is 10.4 Å². The van der Waals surface area contributed by atoms with Crippen LogP contribution >= 0.6 is 0 Å². The zero-order valence-corrected chi connectivity index (χ0v) is 15.4. The summed E-state index contributed by atoms with van der Waals surface area (Å²) in [4.78, 5) is 18.3. The summed E-state index contributed by atoms with van der Waals surface area (Å²) in [5.74, 6) is 0.916. The number of amidine groups is 1. The average Bonchev–Trinajstić information content (AvgIpc) is 2.96. The first kappa shape index (κ1) is 17.8. The summed E-state index contributed by atoms with van der Waals surface area (Å²) in [5.41, 5.74) is 4.58. The van der Waals surface area contributed by atoms with E-state index < -0.39 is 5.72 Å². The standard InChI is InChI=1S/C20H23N3O3/c1-5-14-10-12-15(13-11-14)19(24)21-23-18(22-26-20(23,2)3)16-8-6-7-9-17(16)25-4/h6-13H,5H2,1-4H3,(H,21,24). The van der Waals surface area contributed by atoms with E-state index in [1.54, 1.807) is 12.1 Å². The number of benzene rings is 2. The quantitative estimate of drug-likeness (QED) is 0.895. The molecule has 1 amide bonds. The summed E-state index contributed by atoms with van der Waals surface area (Å²) in [6.07, 6.45) is 0.930. The van der Waals surface area contributed by atoms with Crippen molar-refractivity contribution in [3.8, 4) is 5.75 Å². The van der Waals surface area contributed by atoms with Crippen LogP contribution in [0.15, 0.2) is 53.7 Å². The van der Waals surface area contributed by atoms with Crippen LogP contribution in [-0.4, -0.2) is 29.6 Å². The molecule has 1 aliphatic heterocycles. The number of carbonyl (C=O) groups is 1. The minimum Gasteiger partial charge on any atom is -0.496 e. The van der Waals surface area contributed by atoms with E-state index in [1.165, 1.54) is 5.56 Å². The molecule has 1 aliphatic rings. The molecule has 0 saturated heterocycles. The lowest BCUT2D eigenvalue weighted by atomic mass is 10.1. The van der Waals surface area contributed by atoms with E-state index in [0.717, 1.165) is 12.0 Å². The lowest BCUT2D eigenvalue weighted by Gasteiger charge is -2.31. The van der Waals surface area contributed by atoms with Gasteiger partial charge in [-0.3, -0.25) is 10.2 Å². The number of amides is 1. The third-order valence-electron chi connectivity index (χ3n) is 4.29. The normalized spacial score (nSPS) is 15.2. The first-order chi connectivity index (χ1) is 12.5. The summed E-state index contributed by atoms with van der Waals surface area (Å²) in [7, 11) is 1.60. The van der Waals surface area contributed by atoms with Crippen LogP contribution in [0.1, 0.15) is 42.3 Å². The van der Waals surface area contributed by atoms with E-state index in [-0.39, 0.29) is 5.91 Å². The number of carbonyl (C=O) groups excluding carboxylic acids is 1. The first-order valence-electron chi connectivity index (χ1n) is 8.56. The molecule has 26 heavy (non-hydrogen) atoms. The van der Waals surface area contributed by atoms with Crippen molar-refractivity contribution in [2.75, 3.05) is 7.11 Å². The summed E-state index contributed by atoms with van der Waals surface area (Å²) in [5, 5.41) is 5.80. The Kier molecular flexibility index (Phi) is 4.84. The SMILES string of the molecule is CCc1ccc(C(=O)NN2C(c3ccccc3OC)=NOC2(C)C)cc1. The van der Waals surface area contributed by atoms with E-state index in [1.807, 2.05) is 62.4 Å². The molecule has 0 saturated carbocycles. The predicted octanol–water partition coefficient (Wildman–Crippen LogP) is 3.33. The smallest absolute Gasteiger partial charge is 0.269 e. The molecule has 0 fully saturated rings. The number of ether oxygens (including phenoxy) is 1. The van der Waals surface area contributed by atoms with E-state index in [9.17, 15) is 4.79 Å². The lowest BCUT2D eigenvalue weighted by Crippen LogP contribution is -2.54. The van der Waals surface area contributed by atoms with Crippen LogP contribution < -0.4 is 10.2 Å². The molecule has 0 aliphatic carbocycles. The zero-order valence-electron chi connectivity index (χ0n) is 15.4. The molecule has 1 heterocycles. The monoisotopic (exact) mass is 353 g/mol. The Labute approximate surface area is 153 Å². The highest BCUT2D eigenvalue weighted by Crippen LogP contribution is 2.29. The van der Waals surface area contributed by atoms with Gasteiger partial charge in [0, 0.05) is 5.56 Å². The van der Waals surface area contributed by atoms with Crippen molar-refractivity contribution in [3.63, 3.8) is 0 Å². The maximum Gasteiger partial charge on any atom is 0.269 e. The van der Waals surface area contributed by atoms with E-state index in [0.29, 0.717) is 17.1 Å². The van der Waals surface area contributed by atoms with Crippen LogP contribution in [-0.2, 0) is 11.3 Å². The molecule has 2 aromatic carbocycles. The third kappa shape index (κ3) is 3.35. The van der Waals surface area contributed by atoms with Crippen molar-refractivity contribution >= 4 is 11.7 Å². The first-order valence-corrected chi connectivity index (χ1v) is 8.56. The maximum absolute atomic E-state index is 12.7. The van der Waals surface area contributed by atoms with Gasteiger partial charge in [0.25, 0.3) is 5.91 Å². The van der Waals surface area contributed by atoms with Gasteiger partial charge in [-0.15, -0.1) is 0 Å². The van der Waals surface area contributed by atoms with Gasteiger partial charge in [0.05, 0.1) is 12.7 Å². The van der Waals surface area contributed by atoms with Crippen LogP contribution in [0.25, 0.3) is 0 Å². The van der Waals surface area contributed by atoms with E-state index in [4.69, 9.17) is 9.57 Å². The second-order valence-electron chi connectivity index (χ2n) is 6.48. The predicted molar refractivity (Wildman–Crippen MR) is 99.8 cm³/mol. The molecule has 6 nitrogen and oxygen atoms in total. The summed E-state index contributed by atoms with van der Waals surface area (Å²) in [6.45, 7) is 5.74. The van der Waals surface area contributed by atoms with Gasteiger partial charge < -0.3 is 9.57 Å². The highest BCUT2D eigenvalue weighted by atomic mass is 16.7. The van der Waals surface area contributed by atoms with Gasteiger partial charge in [0.1, 0.15) is 5.75 Å². The van der Waals surface area contributed by atoms with Crippen LogP contribution in [0.3, 0.4) is 0 Å². The minimum atomic E-state index is -0.824. The molecule has 136 valence electrons. The van der Waals surface area contributed by atoms with E-state index >= 15 is 0 Å². The van der Waals surface area contributed by atoms with Gasteiger partial charge in [0.15, 0.2) is 0 Å². The number of oxime groups is 1. The fraction of sp³-hybridized carbons (Fsp3) is 0.300. The molecular weight excluding hydrogens is 330 g/mol. The second-order valence-corrected chi connectivity index (χ2v) is 6.48. The van der Waals surface area contributed by atoms with Crippen LogP contribution in [0.2, 0.25) is 0 Å². The van der Waals surface area contributed by atoms with E-state index in [2.05, 4.69) is 17.5 Å². The number of aryl methyl sites for hydroxylation is 1. The number of nitrogens with zero attached hydrogens (tertiary/aromatic N) is 2. The van der Waals surface area contributed by atoms with Crippen molar-refractivity contribution < 1.29 is 14.4 Å². The molecule has 0 atom stereocenters. The highest BCUT2D eigenvalue weighted by Gasteiger charge is 2.40. The number of methoxy groups -OCH3 is 1. The van der Waals surface area contributed by atoms with Gasteiger partial charge in [0.2, 0.25) is 11.6 Å². The molecule has 2 aromatic rings. The number of rotatable bonds is 5. The summed E-state index contributed by atoms with van der Waals surface area (Å²) >= 11 is 0. The lowest BCUT2D eigenvalue weighted by molar-refractivity contribution is -0.0824. The van der Waals surface area contributed by atoms with Gasteiger partial charge in [-0.2, -0.15) is 0 Å². The molecule has 1 N–H and O–H groups in total.